The Bertz CT molecular complexity index is 919. The zero-order chi connectivity index (χ0) is 22.2. The summed E-state index contributed by atoms with van der Waals surface area (Å²) in [6.07, 6.45) is 1.56. The molecular weight excluding hydrogens is 416 g/mol. The fourth-order valence-electron chi connectivity index (χ4n) is 3.78. The van der Waals surface area contributed by atoms with Crippen molar-refractivity contribution in [3.8, 4) is 0 Å². The minimum absolute atomic E-state index is 0.0930. The van der Waals surface area contributed by atoms with Crippen LogP contribution < -0.4 is 5.32 Å². The molecule has 31 heavy (non-hydrogen) atoms. The number of carbonyl (C=O) groups is 3. The van der Waals surface area contributed by atoms with Gasteiger partial charge >= 0.3 is 5.97 Å². The molecule has 0 bridgehead atoms. The van der Waals surface area contributed by atoms with Gasteiger partial charge in [-0.1, -0.05) is 54.1 Å². The largest absolute Gasteiger partial charge is 0.466 e. The average Bonchev–Trinajstić information content (AvgIpc) is 2.79. The Morgan fingerprint density at radius 2 is 1.84 bits per heavy atom. The minimum Gasteiger partial charge on any atom is -0.466 e. The number of ether oxygens (including phenoxy) is 1. The lowest BCUT2D eigenvalue weighted by atomic mass is 9.96. The number of nitrogens with one attached hydrogen (secondary N) is 1. The van der Waals surface area contributed by atoms with Gasteiger partial charge in [0.15, 0.2) is 0 Å². The zero-order valence-corrected chi connectivity index (χ0v) is 18.3. The Kier molecular flexibility index (Phi) is 8.06. The lowest BCUT2D eigenvalue weighted by molar-refractivity contribution is -0.151. The van der Waals surface area contributed by atoms with Crippen molar-refractivity contribution >= 4 is 29.4 Å². The second-order valence-corrected chi connectivity index (χ2v) is 7.96. The van der Waals surface area contributed by atoms with Crippen LogP contribution in [0, 0.1) is 5.92 Å². The first-order valence-electron chi connectivity index (χ1n) is 10.5. The fraction of sp³-hybridized carbons (Fsp3) is 0.375. The lowest BCUT2D eigenvalue weighted by Gasteiger charge is -2.32. The highest BCUT2D eigenvalue weighted by atomic mass is 35.5. The molecule has 1 N–H and O–H groups in total. The summed E-state index contributed by atoms with van der Waals surface area (Å²) in [5.74, 6) is -1.00. The molecular formula is C24H27ClN2O4. The van der Waals surface area contributed by atoms with Gasteiger partial charge in [-0.3, -0.25) is 14.4 Å². The first kappa shape index (κ1) is 22.8. The molecule has 7 heteroatoms. The number of piperidine rings is 1. The average molecular weight is 443 g/mol. The molecule has 0 saturated carbocycles. The molecule has 0 aliphatic carbocycles. The molecule has 1 heterocycles. The molecule has 0 spiro atoms. The Morgan fingerprint density at radius 1 is 1.13 bits per heavy atom. The normalized spacial score (nSPS) is 17.0. The van der Waals surface area contributed by atoms with Crippen molar-refractivity contribution in [2.45, 2.75) is 32.2 Å². The van der Waals surface area contributed by atoms with Gasteiger partial charge in [0.25, 0.3) is 5.91 Å². The van der Waals surface area contributed by atoms with E-state index in [0.29, 0.717) is 36.7 Å². The maximum Gasteiger partial charge on any atom is 0.310 e. The summed E-state index contributed by atoms with van der Waals surface area (Å²) in [4.78, 5) is 39.7. The Hall–Kier alpha value is -2.86. The molecule has 0 aromatic heterocycles. The lowest BCUT2D eigenvalue weighted by Crippen LogP contribution is -2.44. The molecule has 6 nitrogen and oxygen atoms in total. The van der Waals surface area contributed by atoms with Crippen molar-refractivity contribution in [2.24, 2.45) is 5.92 Å². The van der Waals surface area contributed by atoms with E-state index in [1.807, 2.05) is 30.3 Å². The topological polar surface area (TPSA) is 75.7 Å². The maximum atomic E-state index is 13.1. The second kappa shape index (κ2) is 11.0. The Morgan fingerprint density at radius 3 is 2.55 bits per heavy atom. The summed E-state index contributed by atoms with van der Waals surface area (Å²) >= 11 is 6.17. The van der Waals surface area contributed by atoms with Gasteiger partial charge in [0.1, 0.15) is 0 Å². The van der Waals surface area contributed by atoms with E-state index in [4.69, 9.17) is 16.3 Å². The summed E-state index contributed by atoms with van der Waals surface area (Å²) in [6.45, 7) is 3.04. The van der Waals surface area contributed by atoms with Crippen LogP contribution in [0.2, 0.25) is 5.02 Å². The van der Waals surface area contributed by atoms with Gasteiger partial charge in [0.2, 0.25) is 5.91 Å². The highest BCUT2D eigenvalue weighted by molar-refractivity contribution is 6.33. The summed E-state index contributed by atoms with van der Waals surface area (Å²) in [5.41, 5.74) is 1.19. The first-order chi connectivity index (χ1) is 15.0. The van der Waals surface area contributed by atoms with Crippen molar-refractivity contribution in [1.29, 1.82) is 0 Å². The Labute approximate surface area is 187 Å². The molecule has 164 valence electrons. The number of esters is 1. The van der Waals surface area contributed by atoms with Crippen molar-refractivity contribution in [3.05, 3.63) is 70.7 Å². The van der Waals surface area contributed by atoms with Crippen LogP contribution in [-0.2, 0) is 14.3 Å². The Balaban J connectivity index is 1.73. The van der Waals surface area contributed by atoms with Crippen LogP contribution in [0.4, 0.5) is 0 Å². The number of halogens is 1. The molecule has 1 aliphatic heterocycles. The molecule has 0 unspecified atom stereocenters. The molecule has 1 fully saturated rings. The van der Waals surface area contributed by atoms with Gasteiger partial charge in [0.05, 0.1) is 35.6 Å². The van der Waals surface area contributed by atoms with Crippen LogP contribution in [-0.4, -0.2) is 42.4 Å². The molecule has 2 amide bonds. The van der Waals surface area contributed by atoms with Crippen molar-refractivity contribution in [2.75, 3.05) is 19.7 Å². The SMILES string of the molecule is CCOC(=O)[C@H]1CCCN(C(=O)C[C@@H](NC(=O)c2ccccc2Cl)c2ccccc2)C1. The van der Waals surface area contributed by atoms with Crippen molar-refractivity contribution < 1.29 is 19.1 Å². The van der Waals surface area contributed by atoms with Gasteiger partial charge in [-0.05, 0) is 37.5 Å². The van der Waals surface area contributed by atoms with Gasteiger partial charge in [-0.15, -0.1) is 0 Å². The summed E-state index contributed by atoms with van der Waals surface area (Å²) in [5, 5.41) is 3.31. The first-order valence-corrected chi connectivity index (χ1v) is 10.9. The maximum absolute atomic E-state index is 13.1. The second-order valence-electron chi connectivity index (χ2n) is 7.55. The van der Waals surface area contributed by atoms with Crippen LogP contribution in [0.15, 0.2) is 54.6 Å². The highest BCUT2D eigenvalue weighted by Gasteiger charge is 2.31. The summed E-state index contributed by atoms with van der Waals surface area (Å²) in [6, 6.07) is 15.7. The van der Waals surface area contributed by atoms with Crippen LogP contribution >= 0.6 is 11.6 Å². The predicted octanol–water partition coefficient (Wildman–Crippen LogP) is 4.00. The third-order valence-corrected chi connectivity index (χ3v) is 5.73. The number of nitrogens with zero attached hydrogens (tertiary/aromatic N) is 1. The molecule has 1 saturated heterocycles. The molecule has 0 radical (unpaired) electrons. The number of rotatable bonds is 7. The van der Waals surface area contributed by atoms with Crippen LogP contribution in [0.5, 0.6) is 0 Å². The fourth-order valence-corrected chi connectivity index (χ4v) is 4.00. The number of likely N-dealkylation sites (tertiary alicyclic amines) is 1. The van der Waals surface area contributed by atoms with Gasteiger partial charge in [0, 0.05) is 13.1 Å². The van der Waals surface area contributed by atoms with Crippen LogP contribution in [0.1, 0.15) is 48.1 Å². The smallest absolute Gasteiger partial charge is 0.310 e. The van der Waals surface area contributed by atoms with E-state index in [-0.39, 0.29) is 30.1 Å². The van der Waals surface area contributed by atoms with E-state index < -0.39 is 6.04 Å². The number of carbonyl (C=O) groups excluding carboxylic acids is 3. The van der Waals surface area contributed by atoms with E-state index in [2.05, 4.69) is 5.32 Å². The quantitative estimate of drug-likeness (QED) is 0.657. The third-order valence-electron chi connectivity index (χ3n) is 5.40. The zero-order valence-electron chi connectivity index (χ0n) is 17.6. The van der Waals surface area contributed by atoms with E-state index in [0.717, 1.165) is 12.0 Å². The predicted molar refractivity (Wildman–Crippen MR) is 119 cm³/mol. The summed E-state index contributed by atoms with van der Waals surface area (Å²) in [7, 11) is 0. The highest BCUT2D eigenvalue weighted by Crippen LogP contribution is 2.24. The van der Waals surface area contributed by atoms with E-state index in [9.17, 15) is 14.4 Å². The monoisotopic (exact) mass is 442 g/mol. The van der Waals surface area contributed by atoms with E-state index in [1.165, 1.54) is 0 Å². The van der Waals surface area contributed by atoms with E-state index in [1.54, 1.807) is 36.1 Å². The van der Waals surface area contributed by atoms with Crippen molar-refractivity contribution in [1.82, 2.24) is 10.2 Å². The molecule has 2 aromatic rings. The molecule has 2 atom stereocenters. The molecule has 2 aromatic carbocycles. The standard InChI is InChI=1S/C24H27ClN2O4/c1-2-31-24(30)18-11-8-14-27(16-18)22(28)15-21(17-9-4-3-5-10-17)26-23(29)19-12-6-7-13-20(19)25/h3-7,9-10,12-13,18,21H,2,8,11,14-16H2,1H3,(H,26,29)/t18-,21+/m0/s1. The van der Waals surface area contributed by atoms with Gasteiger partial charge < -0.3 is 15.0 Å². The van der Waals surface area contributed by atoms with Crippen LogP contribution in [0.3, 0.4) is 0 Å². The molecule has 3 rings (SSSR count). The van der Waals surface area contributed by atoms with E-state index >= 15 is 0 Å². The summed E-state index contributed by atoms with van der Waals surface area (Å²) < 4.78 is 5.13. The minimum atomic E-state index is -0.513. The molecule has 1 aliphatic rings. The number of benzene rings is 2. The van der Waals surface area contributed by atoms with Gasteiger partial charge in [-0.2, -0.15) is 0 Å². The third kappa shape index (κ3) is 6.07. The number of amides is 2. The van der Waals surface area contributed by atoms with Crippen LogP contribution in [0.25, 0.3) is 0 Å². The van der Waals surface area contributed by atoms with Gasteiger partial charge in [-0.25, -0.2) is 0 Å². The van der Waals surface area contributed by atoms with Crippen molar-refractivity contribution in [3.63, 3.8) is 0 Å². The number of hydrogen-bond donors (Lipinski definition) is 1. The number of hydrogen-bond acceptors (Lipinski definition) is 4.